The van der Waals surface area contributed by atoms with Crippen molar-refractivity contribution in [3.8, 4) is 11.3 Å². The number of hydrogen-bond donors (Lipinski definition) is 0. The van der Waals surface area contributed by atoms with Crippen molar-refractivity contribution in [3.63, 3.8) is 0 Å². The van der Waals surface area contributed by atoms with Crippen LogP contribution in [0.2, 0.25) is 5.28 Å². The molecule has 2 aromatic heterocycles. The van der Waals surface area contributed by atoms with Crippen LogP contribution < -0.4 is 0 Å². The Morgan fingerprint density at radius 1 is 1.16 bits per heavy atom. The van der Waals surface area contributed by atoms with Gasteiger partial charge in [-0.25, -0.2) is 9.97 Å². The maximum atomic E-state index is 5.93. The van der Waals surface area contributed by atoms with Gasteiger partial charge in [0.25, 0.3) is 0 Å². The van der Waals surface area contributed by atoms with Crippen molar-refractivity contribution in [2.75, 3.05) is 0 Å². The quantitative estimate of drug-likeness (QED) is 0.631. The summed E-state index contributed by atoms with van der Waals surface area (Å²) in [5.74, 6) is 0. The maximum absolute atomic E-state index is 5.93. The Balaban J connectivity index is 2.09. The lowest BCUT2D eigenvalue weighted by Gasteiger charge is -2.02. The lowest BCUT2D eigenvalue weighted by Crippen LogP contribution is -1.92. The molecule has 1 aliphatic heterocycles. The molecular formula is C15H12ClN3. The first-order chi connectivity index (χ1) is 9.34. The number of halogens is 1. The summed E-state index contributed by atoms with van der Waals surface area (Å²) in [6.07, 6.45) is 4.02. The standard InChI is InChI=1S/C15H12ClN3/c16-15-17-8-7-11(18-15)14-10-4-1-2-5-12(10)19-9-3-6-13(14)19/h1-2,4-5,7-8H,3,6,9H2. The molecule has 0 fully saturated rings. The highest BCUT2D eigenvalue weighted by atomic mass is 35.5. The largest absolute Gasteiger partial charge is 0.344 e. The van der Waals surface area contributed by atoms with E-state index < -0.39 is 0 Å². The molecule has 0 N–H and O–H groups in total. The Hall–Kier alpha value is -1.87. The first-order valence-electron chi connectivity index (χ1n) is 6.43. The Morgan fingerprint density at radius 2 is 2.05 bits per heavy atom. The minimum absolute atomic E-state index is 0.305. The predicted molar refractivity (Wildman–Crippen MR) is 76.3 cm³/mol. The number of fused-ring (bicyclic) bond motifs is 3. The lowest BCUT2D eigenvalue weighted by atomic mass is 10.1. The van der Waals surface area contributed by atoms with Gasteiger partial charge in [-0.05, 0) is 36.6 Å². The molecule has 0 saturated carbocycles. The highest BCUT2D eigenvalue weighted by Gasteiger charge is 2.22. The van der Waals surface area contributed by atoms with E-state index in [2.05, 4.69) is 38.8 Å². The highest BCUT2D eigenvalue weighted by Crippen LogP contribution is 2.37. The number of aromatic nitrogens is 3. The SMILES string of the molecule is Clc1nccc(-c2c3n(c4ccccc24)CCC3)n1. The summed E-state index contributed by atoms with van der Waals surface area (Å²) >= 11 is 5.93. The predicted octanol–water partition coefficient (Wildman–Crippen LogP) is 3.70. The van der Waals surface area contributed by atoms with Gasteiger partial charge < -0.3 is 4.57 Å². The van der Waals surface area contributed by atoms with Crippen molar-refractivity contribution in [2.24, 2.45) is 0 Å². The van der Waals surface area contributed by atoms with Crippen LogP contribution in [0.25, 0.3) is 22.2 Å². The van der Waals surface area contributed by atoms with Crippen molar-refractivity contribution in [2.45, 2.75) is 19.4 Å². The molecule has 94 valence electrons. The van der Waals surface area contributed by atoms with Gasteiger partial charge in [0.05, 0.1) is 5.69 Å². The van der Waals surface area contributed by atoms with Crippen LogP contribution in [-0.4, -0.2) is 14.5 Å². The van der Waals surface area contributed by atoms with Gasteiger partial charge in [-0.3, -0.25) is 0 Å². The molecule has 0 unspecified atom stereocenters. The summed E-state index contributed by atoms with van der Waals surface area (Å²) in [7, 11) is 0. The third kappa shape index (κ3) is 1.58. The fourth-order valence-electron chi connectivity index (χ4n) is 3.04. The summed E-state index contributed by atoms with van der Waals surface area (Å²) in [6.45, 7) is 1.09. The molecule has 0 amide bonds. The zero-order valence-electron chi connectivity index (χ0n) is 10.3. The fraction of sp³-hybridized carbons (Fsp3) is 0.200. The molecule has 0 bridgehead atoms. The summed E-state index contributed by atoms with van der Waals surface area (Å²) in [4.78, 5) is 8.36. The van der Waals surface area contributed by atoms with Gasteiger partial charge in [0, 0.05) is 34.9 Å². The van der Waals surface area contributed by atoms with E-state index >= 15 is 0 Å². The van der Waals surface area contributed by atoms with Crippen LogP contribution in [0.1, 0.15) is 12.1 Å². The van der Waals surface area contributed by atoms with Crippen LogP contribution in [0, 0.1) is 0 Å². The van der Waals surface area contributed by atoms with Crippen LogP contribution in [-0.2, 0) is 13.0 Å². The van der Waals surface area contributed by atoms with Gasteiger partial charge in [-0.1, -0.05) is 18.2 Å². The van der Waals surface area contributed by atoms with Crippen molar-refractivity contribution >= 4 is 22.5 Å². The van der Waals surface area contributed by atoms with Gasteiger partial charge in [0.15, 0.2) is 0 Å². The van der Waals surface area contributed by atoms with Crippen LogP contribution in [0.3, 0.4) is 0 Å². The minimum Gasteiger partial charge on any atom is -0.344 e. The van der Waals surface area contributed by atoms with Crippen LogP contribution in [0.5, 0.6) is 0 Å². The zero-order valence-corrected chi connectivity index (χ0v) is 11.1. The van der Waals surface area contributed by atoms with Crippen molar-refractivity contribution in [1.82, 2.24) is 14.5 Å². The maximum Gasteiger partial charge on any atom is 0.222 e. The Bertz CT molecular complexity index is 776. The second-order valence-corrected chi connectivity index (χ2v) is 5.14. The molecule has 4 heteroatoms. The molecule has 19 heavy (non-hydrogen) atoms. The second kappa shape index (κ2) is 4.07. The third-order valence-electron chi connectivity index (χ3n) is 3.76. The molecule has 0 saturated heterocycles. The Morgan fingerprint density at radius 3 is 2.95 bits per heavy atom. The van der Waals surface area contributed by atoms with Crippen LogP contribution >= 0.6 is 11.6 Å². The molecule has 3 nitrogen and oxygen atoms in total. The second-order valence-electron chi connectivity index (χ2n) is 4.80. The van der Waals surface area contributed by atoms with Gasteiger partial charge >= 0.3 is 0 Å². The fourth-order valence-corrected chi connectivity index (χ4v) is 3.18. The molecule has 4 rings (SSSR count). The van der Waals surface area contributed by atoms with E-state index in [-0.39, 0.29) is 0 Å². The van der Waals surface area contributed by atoms with E-state index in [1.807, 2.05) is 6.07 Å². The molecule has 3 aromatic rings. The van der Waals surface area contributed by atoms with E-state index in [4.69, 9.17) is 11.6 Å². The van der Waals surface area contributed by atoms with Gasteiger partial charge in [0.1, 0.15) is 0 Å². The summed E-state index contributed by atoms with van der Waals surface area (Å²) in [5.41, 5.74) is 4.81. The molecule has 1 aliphatic rings. The van der Waals surface area contributed by atoms with Crippen molar-refractivity contribution in [1.29, 1.82) is 0 Å². The van der Waals surface area contributed by atoms with E-state index in [0.717, 1.165) is 18.7 Å². The molecule has 0 aliphatic carbocycles. The first kappa shape index (κ1) is 11.0. The molecule has 3 heterocycles. The molecule has 0 radical (unpaired) electrons. The average molecular weight is 270 g/mol. The normalized spacial score (nSPS) is 13.9. The van der Waals surface area contributed by atoms with Crippen molar-refractivity contribution < 1.29 is 0 Å². The minimum atomic E-state index is 0.305. The lowest BCUT2D eigenvalue weighted by molar-refractivity contribution is 0.772. The first-order valence-corrected chi connectivity index (χ1v) is 6.81. The van der Waals surface area contributed by atoms with E-state index in [0.29, 0.717) is 5.28 Å². The monoisotopic (exact) mass is 269 g/mol. The molecule has 1 aromatic carbocycles. The van der Waals surface area contributed by atoms with E-state index in [9.17, 15) is 0 Å². The average Bonchev–Trinajstić information content (AvgIpc) is 2.98. The van der Waals surface area contributed by atoms with Crippen LogP contribution in [0.4, 0.5) is 0 Å². The van der Waals surface area contributed by atoms with Gasteiger partial charge in [-0.2, -0.15) is 0 Å². The van der Waals surface area contributed by atoms with E-state index in [1.54, 1.807) is 6.20 Å². The van der Waals surface area contributed by atoms with Crippen LogP contribution in [0.15, 0.2) is 36.5 Å². The molecule has 0 spiro atoms. The summed E-state index contributed by atoms with van der Waals surface area (Å²) < 4.78 is 2.40. The van der Waals surface area contributed by atoms with Gasteiger partial charge in [-0.15, -0.1) is 0 Å². The van der Waals surface area contributed by atoms with E-state index in [1.165, 1.54) is 28.6 Å². The Labute approximate surface area is 115 Å². The topological polar surface area (TPSA) is 30.7 Å². The number of nitrogens with zero attached hydrogens (tertiary/aromatic N) is 3. The number of aryl methyl sites for hydroxylation is 1. The number of rotatable bonds is 1. The molecule has 0 atom stereocenters. The number of hydrogen-bond acceptors (Lipinski definition) is 2. The summed E-state index contributed by atoms with van der Waals surface area (Å²) in [6, 6.07) is 10.4. The highest BCUT2D eigenvalue weighted by molar-refractivity contribution is 6.28. The zero-order chi connectivity index (χ0) is 12.8. The number of para-hydroxylation sites is 1. The number of benzene rings is 1. The summed E-state index contributed by atoms with van der Waals surface area (Å²) in [5, 5.41) is 1.56. The molecular weight excluding hydrogens is 258 g/mol. The smallest absolute Gasteiger partial charge is 0.222 e. The Kier molecular flexibility index (Phi) is 2.35. The van der Waals surface area contributed by atoms with Crippen molar-refractivity contribution in [3.05, 3.63) is 47.5 Å². The van der Waals surface area contributed by atoms with Gasteiger partial charge in [0.2, 0.25) is 5.28 Å². The third-order valence-corrected chi connectivity index (χ3v) is 3.94.